The molecule has 0 fully saturated rings. The highest BCUT2D eigenvalue weighted by Gasteiger charge is 2.41. The lowest BCUT2D eigenvalue weighted by molar-refractivity contribution is -0.138. The maximum atomic E-state index is 16.8. The second-order valence-electron chi connectivity index (χ2n) is 16.3. The van der Waals surface area contributed by atoms with Crippen molar-refractivity contribution in [3.05, 3.63) is 162 Å². The smallest absolute Gasteiger partial charge is 0.344 e. The Labute approximate surface area is 349 Å². The van der Waals surface area contributed by atoms with E-state index in [-0.39, 0.29) is 22.5 Å². The third-order valence-corrected chi connectivity index (χ3v) is 13.1. The van der Waals surface area contributed by atoms with Crippen LogP contribution < -0.4 is 0 Å². The van der Waals surface area contributed by atoms with E-state index in [0.29, 0.717) is 35.1 Å². The summed E-state index contributed by atoms with van der Waals surface area (Å²) in [6.07, 6.45) is -4.52. The summed E-state index contributed by atoms with van der Waals surface area (Å²) in [6, 6.07) is 38.8. The standard InChI is InChI=1S/C52H34F6N4/c1-59-38-18-7-5-16-36(38)46-42(59)24-22-34-32-14-3-9-20-40(32)61(49(34)46)44-27-30(29-12-11-13-31(26-29)51(53,54)55)28-45(48(44)52(56,57)58)62-41-21-10-4-15-33(41)35-23-25-43-47(50(35)62)37-17-6-8-19-39(37)60(43)2/h3-9,11-20,22-28H,10,21H2,1-2H3. The molecular weight excluding hydrogens is 795 g/mol. The third-order valence-electron chi connectivity index (χ3n) is 13.1. The maximum absolute atomic E-state index is 16.8. The van der Waals surface area contributed by atoms with E-state index in [2.05, 4.69) is 4.57 Å². The first-order valence-corrected chi connectivity index (χ1v) is 20.4. The molecule has 0 aliphatic heterocycles. The first-order chi connectivity index (χ1) is 29.9. The summed E-state index contributed by atoms with van der Waals surface area (Å²) in [5.74, 6) is 0. The van der Waals surface area contributed by atoms with Crippen LogP contribution in [0.15, 0.2) is 140 Å². The molecule has 0 saturated heterocycles. The van der Waals surface area contributed by atoms with Gasteiger partial charge in [0.05, 0.1) is 44.5 Å². The van der Waals surface area contributed by atoms with Crippen molar-refractivity contribution in [1.29, 1.82) is 0 Å². The number of fused-ring (bicyclic) bond motifs is 14. The zero-order chi connectivity index (χ0) is 42.4. The zero-order valence-corrected chi connectivity index (χ0v) is 33.3. The van der Waals surface area contributed by atoms with Gasteiger partial charge in [-0.15, -0.1) is 0 Å². The predicted molar refractivity (Wildman–Crippen MR) is 238 cm³/mol. The topological polar surface area (TPSA) is 19.7 Å². The van der Waals surface area contributed by atoms with E-state index in [9.17, 15) is 13.2 Å². The van der Waals surface area contributed by atoms with Crippen LogP contribution >= 0.6 is 0 Å². The summed E-state index contributed by atoms with van der Waals surface area (Å²) in [5, 5.41) is 5.66. The Bertz CT molecular complexity index is 3750. The largest absolute Gasteiger partial charge is 0.420 e. The van der Waals surface area contributed by atoms with Gasteiger partial charge in [-0.1, -0.05) is 91.0 Å². The second kappa shape index (κ2) is 12.7. The van der Waals surface area contributed by atoms with Gasteiger partial charge in [0.2, 0.25) is 0 Å². The summed E-state index contributed by atoms with van der Waals surface area (Å²) in [7, 11) is 3.90. The summed E-state index contributed by atoms with van der Waals surface area (Å²) < 4.78 is 101. The van der Waals surface area contributed by atoms with Crippen LogP contribution in [-0.4, -0.2) is 18.3 Å². The number of nitrogens with zero attached hydrogens (tertiary/aromatic N) is 4. The quantitative estimate of drug-likeness (QED) is 0.158. The summed E-state index contributed by atoms with van der Waals surface area (Å²) in [6.45, 7) is 0. The number of hydrogen-bond acceptors (Lipinski definition) is 0. The number of aryl methyl sites for hydroxylation is 2. The van der Waals surface area contributed by atoms with Crippen LogP contribution in [0.2, 0.25) is 0 Å². The van der Waals surface area contributed by atoms with Gasteiger partial charge >= 0.3 is 12.4 Å². The molecule has 62 heavy (non-hydrogen) atoms. The summed E-state index contributed by atoms with van der Waals surface area (Å²) in [5.41, 5.74) is 5.05. The molecule has 4 aromatic heterocycles. The Hall–Kier alpha value is -7.20. The third kappa shape index (κ3) is 4.97. The number of allylic oxidation sites excluding steroid dienone is 1. The molecule has 10 heteroatoms. The molecule has 1 aliphatic rings. The van der Waals surface area contributed by atoms with E-state index in [1.54, 1.807) is 9.13 Å². The highest BCUT2D eigenvalue weighted by molar-refractivity contribution is 6.26. The molecule has 0 spiro atoms. The van der Waals surface area contributed by atoms with Crippen molar-refractivity contribution < 1.29 is 26.3 Å². The van der Waals surface area contributed by atoms with Crippen LogP contribution in [0.3, 0.4) is 0 Å². The molecule has 4 heterocycles. The van der Waals surface area contributed by atoms with Crippen molar-refractivity contribution in [3.63, 3.8) is 0 Å². The Morgan fingerprint density at radius 1 is 0.468 bits per heavy atom. The van der Waals surface area contributed by atoms with Crippen molar-refractivity contribution >= 4 is 82.4 Å². The van der Waals surface area contributed by atoms with E-state index in [4.69, 9.17) is 0 Å². The van der Waals surface area contributed by atoms with E-state index in [1.807, 2.05) is 128 Å². The van der Waals surface area contributed by atoms with Crippen LogP contribution in [-0.2, 0) is 32.9 Å². The molecule has 0 radical (unpaired) electrons. The van der Waals surface area contributed by atoms with Gasteiger partial charge in [-0.3, -0.25) is 0 Å². The van der Waals surface area contributed by atoms with Gasteiger partial charge in [0.25, 0.3) is 0 Å². The molecule has 0 amide bonds. The lowest BCUT2D eigenvalue weighted by atomic mass is 9.97. The average molecular weight is 829 g/mol. The molecule has 1 aliphatic carbocycles. The van der Waals surface area contributed by atoms with E-state index < -0.39 is 23.5 Å². The van der Waals surface area contributed by atoms with Gasteiger partial charge in [-0.25, -0.2) is 0 Å². The minimum Gasteiger partial charge on any atom is -0.344 e. The molecule has 0 bridgehead atoms. The van der Waals surface area contributed by atoms with Crippen LogP contribution in [0.4, 0.5) is 26.3 Å². The number of hydrogen-bond donors (Lipinski definition) is 0. The number of alkyl halides is 6. The lowest BCUT2D eigenvalue weighted by Crippen LogP contribution is -2.17. The minimum atomic E-state index is -4.94. The Balaban J connectivity index is 1.33. The molecule has 0 N–H and O–H groups in total. The monoisotopic (exact) mass is 828 g/mol. The number of aromatic nitrogens is 4. The van der Waals surface area contributed by atoms with Gasteiger partial charge in [0.1, 0.15) is 5.56 Å². The van der Waals surface area contributed by atoms with Crippen molar-refractivity contribution in [1.82, 2.24) is 18.3 Å². The van der Waals surface area contributed by atoms with E-state index in [0.717, 1.165) is 77.5 Å². The highest BCUT2D eigenvalue weighted by atomic mass is 19.4. The van der Waals surface area contributed by atoms with Gasteiger partial charge in [0, 0.05) is 74.1 Å². The van der Waals surface area contributed by atoms with Crippen molar-refractivity contribution in [3.8, 4) is 22.5 Å². The average Bonchev–Trinajstić information content (AvgIpc) is 3.97. The molecule has 4 nitrogen and oxygen atoms in total. The normalized spacial score (nSPS) is 13.6. The molecule has 0 saturated carbocycles. The van der Waals surface area contributed by atoms with Crippen LogP contribution in [0.1, 0.15) is 28.8 Å². The summed E-state index contributed by atoms with van der Waals surface area (Å²) in [4.78, 5) is 0. The fourth-order valence-corrected chi connectivity index (χ4v) is 10.5. The lowest BCUT2D eigenvalue weighted by Gasteiger charge is -2.24. The van der Waals surface area contributed by atoms with E-state index >= 15 is 13.2 Å². The molecule has 0 atom stereocenters. The number of halogens is 6. The Morgan fingerprint density at radius 2 is 1.03 bits per heavy atom. The maximum Gasteiger partial charge on any atom is 0.420 e. The minimum absolute atomic E-state index is 0.146. The zero-order valence-electron chi connectivity index (χ0n) is 33.3. The van der Waals surface area contributed by atoms with Gasteiger partial charge in [0.15, 0.2) is 0 Å². The number of benzene rings is 7. The fraction of sp³-hybridized carbons (Fsp3) is 0.115. The number of para-hydroxylation sites is 3. The predicted octanol–water partition coefficient (Wildman–Crippen LogP) is 14.7. The first kappa shape index (κ1) is 36.6. The number of rotatable bonds is 3. The van der Waals surface area contributed by atoms with Crippen molar-refractivity contribution in [2.45, 2.75) is 25.2 Å². The second-order valence-corrected chi connectivity index (χ2v) is 16.3. The van der Waals surface area contributed by atoms with Gasteiger partial charge < -0.3 is 18.3 Å². The van der Waals surface area contributed by atoms with Crippen molar-refractivity contribution in [2.75, 3.05) is 0 Å². The Kier molecular flexibility index (Phi) is 7.49. The fourth-order valence-electron chi connectivity index (χ4n) is 10.5. The van der Waals surface area contributed by atoms with Gasteiger partial charge in [-0.05, 0) is 78.6 Å². The molecule has 7 aromatic carbocycles. The molecule has 304 valence electrons. The summed E-state index contributed by atoms with van der Waals surface area (Å²) >= 11 is 0. The SMILES string of the molecule is Cn1c2ccccc2c2c3c(ccc21)c1c(n3-c2cc(-c3cccc(C(F)(F)F)c3)cc(-n3c4ccccc4c4ccc5c(c6ccccc6n5C)c43)c2C(F)(F)F)CCC=C1. The van der Waals surface area contributed by atoms with E-state index in [1.165, 1.54) is 24.3 Å². The molecule has 11 aromatic rings. The molecule has 12 rings (SSSR count). The first-order valence-electron chi connectivity index (χ1n) is 20.4. The van der Waals surface area contributed by atoms with Crippen LogP contribution in [0.5, 0.6) is 0 Å². The molecule has 0 unspecified atom stereocenters. The molecular formula is C52H34F6N4. The van der Waals surface area contributed by atoms with Crippen LogP contribution in [0.25, 0.3) is 105 Å². The van der Waals surface area contributed by atoms with Crippen molar-refractivity contribution in [2.24, 2.45) is 14.1 Å². The van der Waals surface area contributed by atoms with Gasteiger partial charge in [-0.2, -0.15) is 26.3 Å². The highest BCUT2D eigenvalue weighted by Crippen LogP contribution is 2.49. The van der Waals surface area contributed by atoms with Crippen LogP contribution in [0, 0.1) is 0 Å². The Morgan fingerprint density at radius 3 is 1.66 bits per heavy atom.